The van der Waals surface area contributed by atoms with E-state index < -0.39 is 0 Å². The SMILES string of the molecule is C[C@H]1CNCCN1C(=O)CCNC(=O)c1ccc2ccccc2c1.Cl. The van der Waals surface area contributed by atoms with Gasteiger partial charge in [0.05, 0.1) is 0 Å². The second-order valence-electron chi connectivity index (χ2n) is 6.21. The van der Waals surface area contributed by atoms with Crippen LogP contribution in [0.1, 0.15) is 23.7 Å². The number of nitrogens with zero attached hydrogens (tertiary/aromatic N) is 1. The maximum absolute atomic E-state index is 12.3. The van der Waals surface area contributed by atoms with E-state index in [4.69, 9.17) is 0 Å². The van der Waals surface area contributed by atoms with E-state index in [2.05, 4.69) is 10.6 Å². The van der Waals surface area contributed by atoms with Crippen molar-refractivity contribution in [1.82, 2.24) is 15.5 Å². The highest BCUT2D eigenvalue weighted by Crippen LogP contribution is 2.15. The van der Waals surface area contributed by atoms with E-state index in [1.54, 1.807) is 0 Å². The van der Waals surface area contributed by atoms with Crippen molar-refractivity contribution in [2.24, 2.45) is 0 Å². The van der Waals surface area contributed by atoms with Crippen molar-refractivity contribution >= 4 is 35.0 Å². The van der Waals surface area contributed by atoms with Crippen LogP contribution in [0.5, 0.6) is 0 Å². The molecule has 1 heterocycles. The van der Waals surface area contributed by atoms with Gasteiger partial charge >= 0.3 is 0 Å². The van der Waals surface area contributed by atoms with Gasteiger partial charge in [-0.25, -0.2) is 0 Å². The van der Waals surface area contributed by atoms with Crippen LogP contribution >= 0.6 is 12.4 Å². The number of amides is 2. The van der Waals surface area contributed by atoms with Gasteiger partial charge in [0.1, 0.15) is 0 Å². The molecule has 0 radical (unpaired) electrons. The molecule has 1 atom stereocenters. The van der Waals surface area contributed by atoms with Gasteiger partial charge in [-0.05, 0) is 29.8 Å². The van der Waals surface area contributed by atoms with Crippen LogP contribution in [0.2, 0.25) is 0 Å². The maximum Gasteiger partial charge on any atom is 0.251 e. The van der Waals surface area contributed by atoms with Gasteiger partial charge in [0.25, 0.3) is 5.91 Å². The van der Waals surface area contributed by atoms with Gasteiger partial charge in [0.2, 0.25) is 5.91 Å². The largest absolute Gasteiger partial charge is 0.352 e. The second-order valence-corrected chi connectivity index (χ2v) is 6.21. The average molecular weight is 362 g/mol. The third-order valence-corrected chi connectivity index (χ3v) is 4.46. The zero-order valence-electron chi connectivity index (χ0n) is 14.3. The highest BCUT2D eigenvalue weighted by molar-refractivity contribution is 5.98. The summed E-state index contributed by atoms with van der Waals surface area (Å²) in [6.45, 7) is 4.80. The summed E-state index contributed by atoms with van der Waals surface area (Å²) in [6.07, 6.45) is 0.337. The molecule has 6 heteroatoms. The topological polar surface area (TPSA) is 61.4 Å². The number of piperazine rings is 1. The van der Waals surface area contributed by atoms with Gasteiger partial charge in [0, 0.05) is 44.2 Å². The number of fused-ring (bicyclic) bond motifs is 1. The van der Waals surface area contributed by atoms with Crippen molar-refractivity contribution in [2.45, 2.75) is 19.4 Å². The zero-order chi connectivity index (χ0) is 16.9. The summed E-state index contributed by atoms with van der Waals surface area (Å²) in [6, 6.07) is 13.8. The van der Waals surface area contributed by atoms with Gasteiger partial charge < -0.3 is 15.5 Å². The van der Waals surface area contributed by atoms with Crippen LogP contribution in [0.3, 0.4) is 0 Å². The average Bonchev–Trinajstić information content (AvgIpc) is 2.61. The summed E-state index contributed by atoms with van der Waals surface area (Å²) in [4.78, 5) is 26.4. The number of benzene rings is 2. The van der Waals surface area contributed by atoms with Gasteiger partial charge in [-0.1, -0.05) is 30.3 Å². The van der Waals surface area contributed by atoms with Gasteiger partial charge in [-0.2, -0.15) is 0 Å². The standard InChI is InChI=1S/C19H23N3O2.ClH/c1-14-13-20-10-11-22(14)18(23)8-9-21-19(24)17-7-6-15-4-2-3-5-16(15)12-17;/h2-7,12,14,20H,8-11,13H2,1H3,(H,21,24);1H/t14-;/m0./s1. The summed E-state index contributed by atoms with van der Waals surface area (Å²) in [5.74, 6) is -0.0373. The number of hydrogen-bond donors (Lipinski definition) is 2. The predicted molar refractivity (Wildman–Crippen MR) is 102 cm³/mol. The van der Waals surface area contributed by atoms with Crippen LogP contribution in [-0.4, -0.2) is 48.9 Å². The van der Waals surface area contributed by atoms with E-state index in [1.807, 2.05) is 54.3 Å². The van der Waals surface area contributed by atoms with Crippen LogP contribution < -0.4 is 10.6 Å². The van der Waals surface area contributed by atoms with Crippen molar-refractivity contribution in [3.63, 3.8) is 0 Å². The normalized spacial score (nSPS) is 17.0. The molecule has 1 aliphatic heterocycles. The van der Waals surface area contributed by atoms with Crippen molar-refractivity contribution in [3.8, 4) is 0 Å². The van der Waals surface area contributed by atoms with E-state index in [-0.39, 0.29) is 30.3 Å². The number of carbonyl (C=O) groups excluding carboxylic acids is 2. The first kappa shape index (κ1) is 19.2. The minimum atomic E-state index is -0.137. The summed E-state index contributed by atoms with van der Waals surface area (Å²) in [5.41, 5.74) is 0.622. The number of hydrogen-bond acceptors (Lipinski definition) is 3. The molecule has 0 aromatic heterocycles. The molecule has 0 spiro atoms. The molecule has 0 aliphatic carbocycles. The number of rotatable bonds is 4. The van der Waals surface area contributed by atoms with Crippen LogP contribution in [0.25, 0.3) is 10.8 Å². The lowest BCUT2D eigenvalue weighted by atomic mass is 10.1. The Morgan fingerprint density at radius 2 is 1.96 bits per heavy atom. The quantitative estimate of drug-likeness (QED) is 0.877. The van der Waals surface area contributed by atoms with E-state index in [9.17, 15) is 9.59 Å². The van der Waals surface area contributed by atoms with Crippen LogP contribution in [-0.2, 0) is 4.79 Å². The Labute approximate surface area is 154 Å². The molecule has 1 aliphatic rings. The molecule has 5 nitrogen and oxygen atoms in total. The molecule has 0 unspecified atom stereocenters. The molecular formula is C19H24ClN3O2. The number of nitrogens with one attached hydrogen (secondary N) is 2. The number of halogens is 1. The molecule has 2 N–H and O–H groups in total. The fourth-order valence-electron chi connectivity index (χ4n) is 3.07. The van der Waals surface area contributed by atoms with Gasteiger partial charge in [0.15, 0.2) is 0 Å². The Morgan fingerprint density at radius 1 is 1.20 bits per heavy atom. The van der Waals surface area contributed by atoms with E-state index in [0.717, 1.165) is 30.4 Å². The minimum Gasteiger partial charge on any atom is -0.352 e. The van der Waals surface area contributed by atoms with E-state index in [1.165, 1.54) is 0 Å². The fourth-order valence-corrected chi connectivity index (χ4v) is 3.07. The first-order valence-corrected chi connectivity index (χ1v) is 8.42. The maximum atomic E-state index is 12.3. The zero-order valence-corrected chi connectivity index (χ0v) is 15.1. The first-order valence-electron chi connectivity index (χ1n) is 8.42. The lowest BCUT2D eigenvalue weighted by Crippen LogP contribution is -2.52. The third kappa shape index (κ3) is 4.71. The number of carbonyl (C=O) groups is 2. The Bertz CT molecular complexity index is 750. The molecule has 2 amide bonds. The highest BCUT2D eigenvalue weighted by Gasteiger charge is 2.22. The lowest BCUT2D eigenvalue weighted by Gasteiger charge is -2.34. The third-order valence-electron chi connectivity index (χ3n) is 4.46. The van der Waals surface area contributed by atoms with Crippen molar-refractivity contribution < 1.29 is 9.59 Å². The smallest absolute Gasteiger partial charge is 0.251 e. The Balaban J connectivity index is 0.00000225. The Hall–Kier alpha value is -2.11. The second kappa shape index (κ2) is 8.83. The molecule has 134 valence electrons. The molecule has 0 saturated carbocycles. The fraction of sp³-hybridized carbons (Fsp3) is 0.368. The molecule has 1 fully saturated rings. The summed E-state index contributed by atoms with van der Waals surface area (Å²) in [5, 5.41) is 8.26. The summed E-state index contributed by atoms with van der Waals surface area (Å²) >= 11 is 0. The molecular weight excluding hydrogens is 338 g/mol. The monoisotopic (exact) mass is 361 g/mol. The first-order chi connectivity index (χ1) is 11.6. The Kier molecular flexibility index (Phi) is 6.79. The van der Waals surface area contributed by atoms with Gasteiger partial charge in [-0.15, -0.1) is 12.4 Å². The highest BCUT2D eigenvalue weighted by atomic mass is 35.5. The van der Waals surface area contributed by atoms with Crippen LogP contribution in [0.4, 0.5) is 0 Å². The van der Waals surface area contributed by atoms with Crippen molar-refractivity contribution in [3.05, 3.63) is 48.0 Å². The lowest BCUT2D eigenvalue weighted by molar-refractivity contribution is -0.133. The summed E-state index contributed by atoms with van der Waals surface area (Å²) in [7, 11) is 0. The van der Waals surface area contributed by atoms with Crippen LogP contribution in [0, 0.1) is 0 Å². The molecule has 0 bridgehead atoms. The van der Waals surface area contributed by atoms with E-state index >= 15 is 0 Å². The van der Waals surface area contributed by atoms with E-state index in [0.29, 0.717) is 18.5 Å². The Morgan fingerprint density at radius 3 is 2.72 bits per heavy atom. The molecule has 2 aromatic rings. The van der Waals surface area contributed by atoms with Gasteiger partial charge in [-0.3, -0.25) is 9.59 Å². The van der Waals surface area contributed by atoms with Crippen molar-refractivity contribution in [1.29, 1.82) is 0 Å². The summed E-state index contributed by atoms with van der Waals surface area (Å²) < 4.78 is 0. The predicted octanol–water partition coefficient (Wildman–Crippen LogP) is 2.20. The molecule has 1 saturated heterocycles. The minimum absolute atomic E-state index is 0. The van der Waals surface area contributed by atoms with Crippen molar-refractivity contribution in [2.75, 3.05) is 26.2 Å². The molecule has 2 aromatic carbocycles. The van der Waals surface area contributed by atoms with Crippen LogP contribution in [0.15, 0.2) is 42.5 Å². The molecule has 3 rings (SSSR count). The molecule has 25 heavy (non-hydrogen) atoms.